The van der Waals surface area contributed by atoms with Crippen LogP contribution in [0.1, 0.15) is 32.1 Å². The third kappa shape index (κ3) is 2.01. The molecule has 0 aromatic heterocycles. The largest absolute Gasteiger partial charge is 0.490 e. The first-order valence-electron chi connectivity index (χ1n) is 6.37. The lowest BCUT2D eigenvalue weighted by Gasteiger charge is -2.51. The Morgan fingerprint density at radius 3 is 2.61 bits per heavy atom. The molecule has 0 amide bonds. The van der Waals surface area contributed by atoms with Gasteiger partial charge in [0, 0.05) is 16.3 Å². The summed E-state index contributed by atoms with van der Waals surface area (Å²) in [5, 5.41) is 0. The van der Waals surface area contributed by atoms with Gasteiger partial charge in [-0.3, -0.25) is 0 Å². The maximum absolute atomic E-state index is 13.5. The second-order valence-corrected chi connectivity index (χ2v) is 7.29. The summed E-state index contributed by atoms with van der Waals surface area (Å²) in [6.07, 6.45) is 6.30. The Kier molecular flexibility index (Phi) is 3.43. The van der Waals surface area contributed by atoms with Gasteiger partial charge in [-0.05, 0) is 47.3 Å². The molecule has 2 atom stereocenters. The molecule has 4 heteroatoms. The first kappa shape index (κ1) is 12.9. The molecule has 3 rings (SSSR count). The molecule has 18 heavy (non-hydrogen) atoms. The fraction of sp³-hybridized carbons (Fsp3) is 0.571. The van der Waals surface area contributed by atoms with Crippen molar-refractivity contribution in [1.82, 2.24) is 0 Å². The normalized spacial score (nSPS) is 29.3. The summed E-state index contributed by atoms with van der Waals surface area (Å²) in [6.45, 7) is 0. The zero-order chi connectivity index (χ0) is 12.8. The minimum absolute atomic E-state index is 0.241. The number of halogens is 3. The molecule has 98 valence electrons. The summed E-state index contributed by atoms with van der Waals surface area (Å²) in [5.41, 5.74) is 0.295. The van der Waals surface area contributed by atoms with Gasteiger partial charge < -0.3 is 4.74 Å². The van der Waals surface area contributed by atoms with Crippen molar-refractivity contribution in [3.8, 4) is 5.75 Å². The summed E-state index contributed by atoms with van der Waals surface area (Å²) in [5.74, 6) is 0.383. The van der Waals surface area contributed by atoms with Crippen LogP contribution in [0.15, 0.2) is 22.7 Å². The highest BCUT2D eigenvalue weighted by Crippen LogP contribution is 2.57. The minimum Gasteiger partial charge on any atom is -0.490 e. The van der Waals surface area contributed by atoms with E-state index in [1.807, 2.05) is 6.07 Å². The molecule has 0 bridgehead atoms. The van der Waals surface area contributed by atoms with Gasteiger partial charge in [0.25, 0.3) is 0 Å². The zero-order valence-electron chi connectivity index (χ0n) is 9.96. The topological polar surface area (TPSA) is 9.23 Å². The van der Waals surface area contributed by atoms with Crippen molar-refractivity contribution in [2.45, 2.75) is 43.0 Å². The smallest absolute Gasteiger partial charge is 0.141 e. The first-order chi connectivity index (χ1) is 8.62. The van der Waals surface area contributed by atoms with Crippen LogP contribution in [0.3, 0.4) is 0 Å². The van der Waals surface area contributed by atoms with Crippen LogP contribution in [-0.2, 0) is 0 Å². The van der Waals surface area contributed by atoms with E-state index in [0.29, 0.717) is 20.5 Å². The van der Waals surface area contributed by atoms with Gasteiger partial charge in [0.15, 0.2) is 0 Å². The average Bonchev–Trinajstić information content (AvgIpc) is 2.85. The predicted octanol–water partition coefficient (Wildman–Crippen LogP) is 5.06. The standard InChI is InChI=1S/C14H15Br2FO/c15-10-4-3-9(7-11(10)17)18-13-8-12(16)14(13)5-1-2-6-14/h3-4,7,12-13H,1-2,5-6,8H2. The van der Waals surface area contributed by atoms with E-state index in [1.54, 1.807) is 6.07 Å². The van der Waals surface area contributed by atoms with E-state index in [4.69, 9.17) is 4.74 Å². The van der Waals surface area contributed by atoms with E-state index in [-0.39, 0.29) is 11.9 Å². The molecule has 0 heterocycles. The summed E-state index contributed by atoms with van der Waals surface area (Å²) in [7, 11) is 0. The predicted molar refractivity (Wildman–Crippen MR) is 76.7 cm³/mol. The molecular weight excluding hydrogens is 363 g/mol. The van der Waals surface area contributed by atoms with Gasteiger partial charge in [0.1, 0.15) is 17.7 Å². The second kappa shape index (κ2) is 4.78. The number of rotatable bonds is 2. The van der Waals surface area contributed by atoms with E-state index in [1.165, 1.54) is 31.7 Å². The van der Waals surface area contributed by atoms with Gasteiger partial charge in [0.05, 0.1) is 4.47 Å². The molecule has 2 fully saturated rings. The Balaban J connectivity index is 1.75. The highest BCUT2D eigenvalue weighted by Gasteiger charge is 2.56. The number of benzene rings is 1. The third-order valence-electron chi connectivity index (χ3n) is 4.39. The van der Waals surface area contributed by atoms with Crippen molar-refractivity contribution in [2.75, 3.05) is 0 Å². The number of hydrogen-bond donors (Lipinski definition) is 0. The number of ether oxygens (including phenoxy) is 1. The second-order valence-electron chi connectivity index (χ2n) is 5.33. The molecule has 0 N–H and O–H groups in total. The summed E-state index contributed by atoms with van der Waals surface area (Å²) in [4.78, 5) is 0.567. The zero-order valence-corrected chi connectivity index (χ0v) is 13.1. The van der Waals surface area contributed by atoms with E-state index < -0.39 is 0 Å². The van der Waals surface area contributed by atoms with Crippen molar-refractivity contribution in [1.29, 1.82) is 0 Å². The molecule has 2 aliphatic carbocycles. The van der Waals surface area contributed by atoms with Crippen molar-refractivity contribution >= 4 is 31.9 Å². The molecular formula is C14H15Br2FO. The number of alkyl halides is 1. The lowest BCUT2D eigenvalue weighted by Crippen LogP contribution is -2.55. The molecule has 1 nitrogen and oxygen atoms in total. The van der Waals surface area contributed by atoms with Crippen LogP contribution in [0.2, 0.25) is 0 Å². The van der Waals surface area contributed by atoms with Gasteiger partial charge in [-0.25, -0.2) is 4.39 Å². The quantitative estimate of drug-likeness (QED) is 0.654. The Hall–Kier alpha value is -0.0900. The highest BCUT2D eigenvalue weighted by molar-refractivity contribution is 9.10. The molecule has 0 radical (unpaired) electrons. The van der Waals surface area contributed by atoms with Crippen molar-refractivity contribution in [2.24, 2.45) is 5.41 Å². The Labute approximate surface area is 123 Å². The van der Waals surface area contributed by atoms with Gasteiger partial charge in [-0.15, -0.1) is 0 Å². The lowest BCUT2D eigenvalue weighted by atomic mass is 9.64. The monoisotopic (exact) mass is 376 g/mol. The van der Waals surface area contributed by atoms with Crippen molar-refractivity contribution in [3.05, 3.63) is 28.5 Å². The molecule has 1 aromatic carbocycles. The molecule has 0 aliphatic heterocycles. The molecule has 2 aliphatic rings. The Morgan fingerprint density at radius 2 is 2.00 bits per heavy atom. The summed E-state index contributed by atoms with van der Waals surface area (Å²) >= 11 is 6.92. The van der Waals surface area contributed by atoms with Gasteiger partial charge in [0.2, 0.25) is 0 Å². The van der Waals surface area contributed by atoms with Crippen molar-refractivity contribution in [3.63, 3.8) is 0 Å². The fourth-order valence-corrected chi connectivity index (χ4v) is 4.59. The van der Waals surface area contributed by atoms with E-state index in [9.17, 15) is 4.39 Å². The average molecular weight is 378 g/mol. The summed E-state index contributed by atoms with van der Waals surface area (Å²) < 4.78 is 19.9. The van der Waals surface area contributed by atoms with Crippen LogP contribution >= 0.6 is 31.9 Å². The van der Waals surface area contributed by atoms with E-state index >= 15 is 0 Å². The van der Waals surface area contributed by atoms with Gasteiger partial charge in [-0.2, -0.15) is 0 Å². The minimum atomic E-state index is -0.261. The molecule has 2 saturated carbocycles. The van der Waals surface area contributed by atoms with Crippen LogP contribution in [0.4, 0.5) is 4.39 Å². The maximum atomic E-state index is 13.5. The lowest BCUT2D eigenvalue weighted by molar-refractivity contribution is -0.0305. The molecule has 1 spiro atoms. The SMILES string of the molecule is Fc1cc(OC2CC(Br)C23CCCC3)ccc1Br. The summed E-state index contributed by atoms with van der Waals surface area (Å²) in [6, 6.07) is 5.00. The first-order valence-corrected chi connectivity index (χ1v) is 8.08. The van der Waals surface area contributed by atoms with Crippen molar-refractivity contribution < 1.29 is 9.13 Å². The van der Waals surface area contributed by atoms with Gasteiger partial charge in [-0.1, -0.05) is 28.8 Å². The molecule has 2 unspecified atom stereocenters. The van der Waals surface area contributed by atoms with Crippen LogP contribution < -0.4 is 4.74 Å². The maximum Gasteiger partial charge on any atom is 0.141 e. The Morgan fingerprint density at radius 1 is 1.28 bits per heavy atom. The Bertz CT molecular complexity index is 457. The van der Waals surface area contributed by atoms with E-state index in [2.05, 4.69) is 31.9 Å². The van der Waals surface area contributed by atoms with Crippen LogP contribution in [-0.4, -0.2) is 10.9 Å². The highest BCUT2D eigenvalue weighted by atomic mass is 79.9. The van der Waals surface area contributed by atoms with Crippen LogP contribution in [0.25, 0.3) is 0 Å². The van der Waals surface area contributed by atoms with E-state index in [0.717, 1.165) is 6.42 Å². The third-order valence-corrected chi connectivity index (χ3v) is 6.32. The number of hydrogen-bond acceptors (Lipinski definition) is 1. The van der Waals surface area contributed by atoms with Crippen LogP contribution in [0.5, 0.6) is 5.75 Å². The van der Waals surface area contributed by atoms with Crippen LogP contribution in [0, 0.1) is 11.2 Å². The molecule has 0 saturated heterocycles. The molecule has 1 aromatic rings. The van der Waals surface area contributed by atoms with Gasteiger partial charge >= 0.3 is 0 Å². The fourth-order valence-electron chi connectivity index (χ4n) is 3.25.